The van der Waals surface area contributed by atoms with Gasteiger partial charge in [-0.1, -0.05) is 31.9 Å². The number of alkyl halides is 1. The van der Waals surface area contributed by atoms with Crippen molar-refractivity contribution in [3.8, 4) is 0 Å². The van der Waals surface area contributed by atoms with E-state index in [9.17, 15) is 9.50 Å². The maximum atomic E-state index is 14.9. The molecule has 0 amide bonds. The topological polar surface area (TPSA) is 20.2 Å². The third-order valence-corrected chi connectivity index (χ3v) is 8.27. The van der Waals surface area contributed by atoms with Crippen LogP contribution in [0, 0.1) is 28.6 Å². The average Bonchev–Trinajstić information content (AvgIpc) is 2.66. The first kappa shape index (κ1) is 15.2. The molecule has 3 fully saturated rings. The van der Waals surface area contributed by atoms with Crippen molar-refractivity contribution >= 4 is 0 Å². The van der Waals surface area contributed by atoms with Gasteiger partial charge in [-0.25, -0.2) is 4.39 Å². The maximum absolute atomic E-state index is 14.9. The molecule has 7 atom stereocenters. The van der Waals surface area contributed by atoms with E-state index in [1.54, 1.807) is 12.5 Å². The first-order valence-corrected chi connectivity index (χ1v) is 9.35. The molecule has 124 valence electrons. The molecule has 22 heavy (non-hydrogen) atoms. The van der Waals surface area contributed by atoms with E-state index in [-0.39, 0.29) is 5.41 Å². The number of hydrogen-bond donors (Lipinski definition) is 1. The molecule has 0 spiro atoms. The summed E-state index contributed by atoms with van der Waals surface area (Å²) in [6.07, 6.45) is 10.9. The Balaban J connectivity index is 1.71. The molecular weight excluding hydrogens is 275 g/mol. The molecule has 0 radical (unpaired) electrons. The summed E-state index contributed by atoms with van der Waals surface area (Å²) in [6.45, 7) is 6.27. The summed E-state index contributed by atoms with van der Waals surface area (Å²) in [6, 6.07) is 0. The first-order chi connectivity index (χ1) is 10.3. The Kier molecular flexibility index (Phi) is 3.16. The van der Waals surface area contributed by atoms with Crippen LogP contribution in [-0.4, -0.2) is 16.9 Å². The Morgan fingerprint density at radius 2 is 1.91 bits per heavy atom. The summed E-state index contributed by atoms with van der Waals surface area (Å²) in [5.74, 6) is 1.65. The van der Waals surface area contributed by atoms with Gasteiger partial charge in [-0.05, 0) is 80.5 Å². The standard InChI is InChI=1S/C20H31FO/c1-18-10-5-4-6-13(18)7-8-14-15(18)9-11-19(2)16(14)12-20(3,21)17(19)22/h7,14-17,22H,4-6,8-12H2,1-3H3/t14-,15+,16+,17+,18+,19+,20-/m1/s1. The second kappa shape index (κ2) is 4.59. The van der Waals surface area contributed by atoms with E-state index in [0.717, 1.165) is 12.8 Å². The molecule has 0 aromatic heterocycles. The van der Waals surface area contributed by atoms with Crippen molar-refractivity contribution < 1.29 is 9.50 Å². The molecule has 3 saturated carbocycles. The number of rotatable bonds is 0. The normalized spacial score (nSPS) is 57.6. The molecular formula is C20H31FO. The zero-order chi connectivity index (χ0) is 15.8. The lowest BCUT2D eigenvalue weighted by Gasteiger charge is -2.57. The minimum absolute atomic E-state index is 0.207. The van der Waals surface area contributed by atoms with Gasteiger partial charge in [-0.3, -0.25) is 0 Å². The largest absolute Gasteiger partial charge is 0.389 e. The van der Waals surface area contributed by atoms with Crippen LogP contribution < -0.4 is 0 Å². The molecule has 4 aliphatic carbocycles. The smallest absolute Gasteiger partial charge is 0.134 e. The van der Waals surface area contributed by atoms with E-state index in [4.69, 9.17) is 0 Å². The van der Waals surface area contributed by atoms with Crippen molar-refractivity contribution in [1.82, 2.24) is 0 Å². The number of fused-ring (bicyclic) bond motifs is 5. The molecule has 1 nitrogen and oxygen atoms in total. The molecule has 0 unspecified atom stereocenters. The van der Waals surface area contributed by atoms with Gasteiger partial charge in [-0.2, -0.15) is 0 Å². The predicted molar refractivity (Wildman–Crippen MR) is 87.2 cm³/mol. The van der Waals surface area contributed by atoms with Crippen LogP contribution in [0.2, 0.25) is 0 Å². The molecule has 4 aliphatic rings. The van der Waals surface area contributed by atoms with Crippen molar-refractivity contribution in [1.29, 1.82) is 0 Å². The van der Waals surface area contributed by atoms with E-state index >= 15 is 0 Å². The number of halogens is 1. The van der Waals surface area contributed by atoms with Crippen molar-refractivity contribution in [2.24, 2.45) is 28.6 Å². The van der Waals surface area contributed by atoms with E-state index in [2.05, 4.69) is 19.9 Å². The molecule has 4 rings (SSSR count). The second-order valence-corrected chi connectivity index (χ2v) is 9.40. The van der Waals surface area contributed by atoms with Gasteiger partial charge in [0.2, 0.25) is 0 Å². The number of hydrogen-bond acceptors (Lipinski definition) is 1. The third kappa shape index (κ3) is 1.79. The van der Waals surface area contributed by atoms with Gasteiger partial charge in [0.05, 0.1) is 6.10 Å². The van der Waals surface area contributed by atoms with Gasteiger partial charge >= 0.3 is 0 Å². The lowest BCUT2D eigenvalue weighted by atomic mass is 9.48. The van der Waals surface area contributed by atoms with Crippen LogP contribution in [0.1, 0.15) is 72.1 Å². The molecule has 0 aliphatic heterocycles. The highest BCUT2D eigenvalue weighted by Gasteiger charge is 2.64. The van der Waals surface area contributed by atoms with Crippen LogP contribution >= 0.6 is 0 Å². The Bertz CT molecular complexity index is 510. The van der Waals surface area contributed by atoms with Crippen LogP contribution in [0.4, 0.5) is 4.39 Å². The highest BCUT2D eigenvalue weighted by atomic mass is 19.1. The van der Waals surface area contributed by atoms with E-state index in [1.807, 2.05) is 0 Å². The van der Waals surface area contributed by atoms with E-state index in [1.165, 1.54) is 32.1 Å². The SMILES string of the molecule is C[C@]12CC[C@H]3[C@@H](CC=C4CCCC[C@@]43C)[C@@H]1C[C@@](C)(F)[C@H]2O. The number of allylic oxidation sites excluding steroid dienone is 2. The maximum Gasteiger partial charge on any atom is 0.134 e. The molecule has 0 saturated heterocycles. The summed E-state index contributed by atoms with van der Waals surface area (Å²) >= 11 is 0. The van der Waals surface area contributed by atoms with Gasteiger partial charge in [0.25, 0.3) is 0 Å². The average molecular weight is 306 g/mol. The predicted octanol–water partition coefficient (Wildman–Crippen LogP) is 5.04. The minimum atomic E-state index is -1.40. The monoisotopic (exact) mass is 306 g/mol. The second-order valence-electron chi connectivity index (χ2n) is 9.40. The van der Waals surface area contributed by atoms with E-state index < -0.39 is 11.8 Å². The van der Waals surface area contributed by atoms with Crippen LogP contribution in [0.25, 0.3) is 0 Å². The molecule has 2 heteroatoms. The fourth-order valence-electron chi connectivity index (χ4n) is 7.00. The number of aliphatic hydroxyl groups excluding tert-OH is 1. The quantitative estimate of drug-likeness (QED) is 0.622. The zero-order valence-corrected chi connectivity index (χ0v) is 14.4. The number of aliphatic hydroxyl groups is 1. The highest BCUT2D eigenvalue weighted by Crippen LogP contribution is 2.66. The highest BCUT2D eigenvalue weighted by molar-refractivity contribution is 5.25. The molecule has 0 aromatic carbocycles. The van der Waals surface area contributed by atoms with Gasteiger partial charge in [0, 0.05) is 0 Å². The van der Waals surface area contributed by atoms with Gasteiger partial charge < -0.3 is 5.11 Å². The lowest BCUT2D eigenvalue weighted by molar-refractivity contribution is -0.0829. The van der Waals surface area contributed by atoms with Gasteiger partial charge in [0.1, 0.15) is 5.67 Å². The third-order valence-electron chi connectivity index (χ3n) is 8.27. The fraction of sp³-hybridized carbons (Fsp3) is 0.900. The van der Waals surface area contributed by atoms with Crippen molar-refractivity contribution in [2.45, 2.75) is 83.9 Å². The molecule has 0 bridgehead atoms. The van der Waals surface area contributed by atoms with Crippen LogP contribution in [0.3, 0.4) is 0 Å². The van der Waals surface area contributed by atoms with E-state index in [0.29, 0.717) is 29.6 Å². The zero-order valence-electron chi connectivity index (χ0n) is 14.4. The Morgan fingerprint density at radius 1 is 1.14 bits per heavy atom. The van der Waals surface area contributed by atoms with Gasteiger partial charge in [-0.15, -0.1) is 0 Å². The van der Waals surface area contributed by atoms with Crippen molar-refractivity contribution in [2.75, 3.05) is 0 Å². The Labute approximate surface area is 134 Å². The Hall–Kier alpha value is -0.370. The minimum Gasteiger partial charge on any atom is -0.389 e. The molecule has 1 N–H and O–H groups in total. The fourth-order valence-corrected chi connectivity index (χ4v) is 7.00. The first-order valence-electron chi connectivity index (χ1n) is 9.35. The van der Waals surface area contributed by atoms with Crippen LogP contribution in [-0.2, 0) is 0 Å². The van der Waals surface area contributed by atoms with Crippen molar-refractivity contribution in [3.63, 3.8) is 0 Å². The summed E-state index contributed by atoms with van der Waals surface area (Å²) in [4.78, 5) is 0. The summed E-state index contributed by atoms with van der Waals surface area (Å²) in [5, 5.41) is 10.6. The summed E-state index contributed by atoms with van der Waals surface area (Å²) in [7, 11) is 0. The molecule has 0 aromatic rings. The molecule has 0 heterocycles. The summed E-state index contributed by atoms with van der Waals surface area (Å²) in [5.41, 5.74) is 0.459. The summed E-state index contributed by atoms with van der Waals surface area (Å²) < 4.78 is 14.9. The Morgan fingerprint density at radius 3 is 2.68 bits per heavy atom. The van der Waals surface area contributed by atoms with Crippen LogP contribution in [0.15, 0.2) is 11.6 Å². The van der Waals surface area contributed by atoms with Crippen LogP contribution in [0.5, 0.6) is 0 Å². The van der Waals surface area contributed by atoms with Gasteiger partial charge in [0.15, 0.2) is 0 Å². The van der Waals surface area contributed by atoms with Crippen molar-refractivity contribution in [3.05, 3.63) is 11.6 Å². The lowest BCUT2D eigenvalue weighted by Crippen LogP contribution is -2.50.